The molecule has 1 rings (SSSR count). The minimum absolute atomic E-state index is 0.258. The zero-order valence-electron chi connectivity index (χ0n) is 9.67. The summed E-state index contributed by atoms with van der Waals surface area (Å²) in [6.45, 7) is 9.27. The van der Waals surface area contributed by atoms with Crippen molar-refractivity contribution in [1.82, 2.24) is 0 Å². The van der Waals surface area contributed by atoms with Crippen molar-refractivity contribution in [3.8, 4) is 12.3 Å². The van der Waals surface area contributed by atoms with Crippen LogP contribution < -0.4 is 0 Å². The SMILES string of the molecule is C#CC(CC)(OC(C)=O)[C@H]1C[C@@H]1C(=C)C. The van der Waals surface area contributed by atoms with Crippen LogP contribution in [-0.4, -0.2) is 11.6 Å². The molecule has 0 aromatic heterocycles. The van der Waals surface area contributed by atoms with Crippen LogP contribution >= 0.6 is 0 Å². The van der Waals surface area contributed by atoms with Crippen LogP contribution in [0.4, 0.5) is 0 Å². The molecule has 2 nitrogen and oxygen atoms in total. The lowest BCUT2D eigenvalue weighted by Gasteiger charge is -2.27. The number of rotatable bonds is 4. The maximum absolute atomic E-state index is 11.0. The van der Waals surface area contributed by atoms with Gasteiger partial charge in [-0.3, -0.25) is 4.79 Å². The molecule has 0 radical (unpaired) electrons. The van der Waals surface area contributed by atoms with Gasteiger partial charge < -0.3 is 4.74 Å². The molecule has 82 valence electrons. The zero-order chi connectivity index (χ0) is 11.6. The van der Waals surface area contributed by atoms with Crippen molar-refractivity contribution >= 4 is 5.97 Å². The fourth-order valence-corrected chi connectivity index (χ4v) is 2.16. The van der Waals surface area contributed by atoms with E-state index in [1.807, 2.05) is 13.8 Å². The van der Waals surface area contributed by atoms with Crippen molar-refractivity contribution in [3.05, 3.63) is 12.2 Å². The van der Waals surface area contributed by atoms with Gasteiger partial charge in [0.05, 0.1) is 0 Å². The van der Waals surface area contributed by atoms with Crippen molar-refractivity contribution in [3.63, 3.8) is 0 Å². The molecule has 1 fully saturated rings. The van der Waals surface area contributed by atoms with Gasteiger partial charge in [0.15, 0.2) is 5.60 Å². The van der Waals surface area contributed by atoms with E-state index in [0.717, 1.165) is 12.0 Å². The summed E-state index contributed by atoms with van der Waals surface area (Å²) in [5, 5.41) is 0. The first kappa shape index (κ1) is 11.8. The first-order valence-corrected chi connectivity index (χ1v) is 5.29. The molecule has 1 saturated carbocycles. The van der Waals surface area contributed by atoms with Crippen LogP contribution in [0.1, 0.15) is 33.6 Å². The predicted octanol–water partition coefficient (Wildman–Crippen LogP) is 2.54. The van der Waals surface area contributed by atoms with Gasteiger partial charge in [0.25, 0.3) is 0 Å². The lowest BCUT2D eigenvalue weighted by atomic mass is 9.92. The Bertz CT molecular complexity index is 324. The van der Waals surface area contributed by atoms with E-state index in [1.165, 1.54) is 6.92 Å². The van der Waals surface area contributed by atoms with E-state index in [9.17, 15) is 4.79 Å². The highest BCUT2D eigenvalue weighted by Crippen LogP contribution is 2.52. The van der Waals surface area contributed by atoms with Gasteiger partial charge in [-0.15, -0.1) is 6.42 Å². The largest absolute Gasteiger partial charge is 0.446 e. The van der Waals surface area contributed by atoms with Gasteiger partial charge in [-0.05, 0) is 25.7 Å². The molecule has 0 heterocycles. The van der Waals surface area contributed by atoms with Crippen LogP contribution in [0, 0.1) is 24.2 Å². The van der Waals surface area contributed by atoms with Crippen molar-refractivity contribution in [1.29, 1.82) is 0 Å². The third-order valence-corrected chi connectivity index (χ3v) is 3.12. The molecule has 1 unspecified atom stereocenters. The Labute approximate surface area is 91.7 Å². The summed E-state index contributed by atoms with van der Waals surface area (Å²) in [6, 6.07) is 0. The molecule has 0 aromatic carbocycles. The first-order chi connectivity index (χ1) is 6.96. The van der Waals surface area contributed by atoms with E-state index >= 15 is 0 Å². The Kier molecular flexibility index (Phi) is 3.24. The summed E-state index contributed by atoms with van der Waals surface area (Å²) in [7, 11) is 0. The molecule has 0 spiro atoms. The lowest BCUT2D eigenvalue weighted by Crippen LogP contribution is -2.35. The van der Waals surface area contributed by atoms with Gasteiger partial charge in [-0.25, -0.2) is 0 Å². The fourth-order valence-electron chi connectivity index (χ4n) is 2.16. The second kappa shape index (κ2) is 4.10. The van der Waals surface area contributed by atoms with Gasteiger partial charge in [-0.1, -0.05) is 25.0 Å². The van der Waals surface area contributed by atoms with Crippen molar-refractivity contribution in [2.75, 3.05) is 0 Å². The summed E-state index contributed by atoms with van der Waals surface area (Å²) in [6.07, 6.45) is 7.16. The number of carbonyl (C=O) groups excluding carboxylic acids is 1. The quantitative estimate of drug-likeness (QED) is 0.401. The van der Waals surface area contributed by atoms with E-state index in [-0.39, 0.29) is 11.9 Å². The first-order valence-electron chi connectivity index (χ1n) is 5.29. The van der Waals surface area contributed by atoms with Gasteiger partial charge in [0.2, 0.25) is 0 Å². The highest BCUT2D eigenvalue weighted by molar-refractivity contribution is 5.67. The number of ether oxygens (including phenoxy) is 1. The molecule has 1 aliphatic carbocycles. The Morgan fingerprint density at radius 3 is 2.53 bits per heavy atom. The molecule has 3 atom stereocenters. The summed E-state index contributed by atoms with van der Waals surface area (Å²) in [5.74, 6) is 3.03. The summed E-state index contributed by atoms with van der Waals surface area (Å²) >= 11 is 0. The van der Waals surface area contributed by atoms with Gasteiger partial charge >= 0.3 is 5.97 Å². The Morgan fingerprint density at radius 1 is 1.67 bits per heavy atom. The Morgan fingerprint density at radius 2 is 2.27 bits per heavy atom. The summed E-state index contributed by atoms with van der Waals surface area (Å²) in [4.78, 5) is 11.0. The highest BCUT2D eigenvalue weighted by Gasteiger charge is 2.53. The Hall–Kier alpha value is -1.23. The molecule has 2 heteroatoms. The predicted molar refractivity (Wildman–Crippen MR) is 60.0 cm³/mol. The molecule has 0 aromatic rings. The molecule has 0 bridgehead atoms. The number of esters is 1. The number of carbonyl (C=O) groups is 1. The van der Waals surface area contributed by atoms with Crippen LogP contribution in [0.15, 0.2) is 12.2 Å². The van der Waals surface area contributed by atoms with Gasteiger partial charge in [0.1, 0.15) is 0 Å². The molecule has 0 amide bonds. The maximum Gasteiger partial charge on any atom is 0.304 e. The van der Waals surface area contributed by atoms with Crippen LogP contribution in [0.3, 0.4) is 0 Å². The lowest BCUT2D eigenvalue weighted by molar-refractivity contribution is -0.153. The average Bonchev–Trinajstić information content (AvgIpc) is 2.93. The monoisotopic (exact) mass is 206 g/mol. The molecule has 0 saturated heterocycles. The topological polar surface area (TPSA) is 26.3 Å². The minimum Gasteiger partial charge on any atom is -0.446 e. The van der Waals surface area contributed by atoms with Crippen molar-refractivity contribution < 1.29 is 9.53 Å². The smallest absolute Gasteiger partial charge is 0.304 e. The van der Waals surface area contributed by atoms with Crippen LogP contribution in [0.25, 0.3) is 0 Å². The fraction of sp³-hybridized carbons (Fsp3) is 0.615. The van der Waals surface area contributed by atoms with E-state index in [4.69, 9.17) is 11.2 Å². The molecule has 0 aliphatic heterocycles. The Balaban J connectivity index is 2.80. The van der Waals surface area contributed by atoms with Gasteiger partial charge in [0, 0.05) is 12.8 Å². The molecular formula is C13H18O2. The van der Waals surface area contributed by atoms with Crippen LogP contribution in [0.5, 0.6) is 0 Å². The summed E-state index contributed by atoms with van der Waals surface area (Å²) in [5.41, 5.74) is 0.412. The molecule has 1 aliphatic rings. The number of hydrogen-bond donors (Lipinski definition) is 0. The molecule has 15 heavy (non-hydrogen) atoms. The number of terminal acetylenes is 1. The number of allylic oxidation sites excluding steroid dienone is 1. The van der Waals surface area contributed by atoms with Crippen molar-refractivity contribution in [2.24, 2.45) is 11.8 Å². The van der Waals surface area contributed by atoms with E-state index in [0.29, 0.717) is 12.3 Å². The van der Waals surface area contributed by atoms with E-state index < -0.39 is 5.60 Å². The maximum atomic E-state index is 11.0. The average molecular weight is 206 g/mol. The second-order valence-corrected chi connectivity index (χ2v) is 4.28. The highest BCUT2D eigenvalue weighted by atomic mass is 16.6. The summed E-state index contributed by atoms with van der Waals surface area (Å²) < 4.78 is 5.32. The van der Waals surface area contributed by atoms with Crippen LogP contribution in [0.2, 0.25) is 0 Å². The van der Waals surface area contributed by atoms with Crippen molar-refractivity contribution in [2.45, 2.75) is 39.2 Å². The zero-order valence-corrected chi connectivity index (χ0v) is 9.67. The molecular weight excluding hydrogens is 188 g/mol. The number of hydrogen-bond acceptors (Lipinski definition) is 2. The second-order valence-electron chi connectivity index (χ2n) is 4.28. The van der Waals surface area contributed by atoms with Gasteiger partial charge in [-0.2, -0.15) is 0 Å². The minimum atomic E-state index is -0.713. The standard InChI is InChI=1S/C13H18O2/c1-6-13(7-2,15-10(5)14)12-8-11(12)9(3)4/h1,11-12H,3,7-8H2,2,4-5H3/t11-,12+,13?/m1/s1. The molecule has 0 N–H and O–H groups in total. The van der Waals surface area contributed by atoms with E-state index in [2.05, 4.69) is 12.5 Å². The third kappa shape index (κ3) is 2.23. The van der Waals surface area contributed by atoms with E-state index in [1.54, 1.807) is 0 Å². The third-order valence-electron chi connectivity index (χ3n) is 3.12. The van der Waals surface area contributed by atoms with Crippen LogP contribution in [-0.2, 0) is 9.53 Å². The normalized spacial score (nSPS) is 27.3.